The Morgan fingerprint density at radius 1 is 0.941 bits per heavy atom. The monoisotopic (exact) mass is 290 g/mol. The van der Waals surface area contributed by atoms with Crippen LogP contribution in [0.15, 0.2) is 18.2 Å². The molecule has 0 amide bonds. The maximum atomic E-state index is 6.58. The van der Waals surface area contributed by atoms with Crippen LogP contribution in [0, 0.1) is 5.92 Å². The highest BCUT2D eigenvalue weighted by atomic mass is 35.5. The van der Waals surface area contributed by atoms with E-state index in [0.717, 1.165) is 5.56 Å². The lowest BCUT2D eigenvalue weighted by Crippen LogP contribution is -2.07. The summed E-state index contributed by atoms with van der Waals surface area (Å²) < 4.78 is 0. The summed E-state index contributed by atoms with van der Waals surface area (Å²) in [5.41, 5.74) is 1.10. The van der Waals surface area contributed by atoms with Crippen LogP contribution in [0.2, 0.25) is 10.0 Å². The SMILES string of the molecule is Clc1ccc(C(Cl)C2CCCCCC2)cc1Cl. The van der Waals surface area contributed by atoms with Crippen LogP contribution in [-0.4, -0.2) is 0 Å². The van der Waals surface area contributed by atoms with Gasteiger partial charge in [0.2, 0.25) is 0 Å². The number of halogens is 3. The summed E-state index contributed by atoms with van der Waals surface area (Å²) >= 11 is 18.5. The zero-order valence-electron chi connectivity index (χ0n) is 9.76. The fraction of sp³-hybridized carbons (Fsp3) is 0.571. The molecular formula is C14H17Cl3. The van der Waals surface area contributed by atoms with E-state index in [1.165, 1.54) is 38.5 Å². The van der Waals surface area contributed by atoms with Crippen LogP contribution in [0.5, 0.6) is 0 Å². The van der Waals surface area contributed by atoms with Crippen LogP contribution >= 0.6 is 34.8 Å². The second-order valence-electron chi connectivity index (χ2n) is 4.83. The molecule has 17 heavy (non-hydrogen) atoms. The van der Waals surface area contributed by atoms with Gasteiger partial charge in [0, 0.05) is 0 Å². The van der Waals surface area contributed by atoms with E-state index in [0.29, 0.717) is 16.0 Å². The standard InChI is InChI=1S/C14H17Cl3/c15-12-8-7-11(9-13(12)16)14(17)10-5-3-1-2-4-6-10/h7-10,14H,1-6H2. The fourth-order valence-electron chi connectivity index (χ4n) is 2.56. The first-order chi connectivity index (χ1) is 8.18. The van der Waals surface area contributed by atoms with Crippen LogP contribution in [0.4, 0.5) is 0 Å². The molecule has 94 valence electrons. The quantitative estimate of drug-likeness (QED) is 0.446. The van der Waals surface area contributed by atoms with Gasteiger partial charge in [-0.1, -0.05) is 55.0 Å². The Morgan fingerprint density at radius 3 is 2.18 bits per heavy atom. The van der Waals surface area contributed by atoms with Gasteiger partial charge in [0.15, 0.2) is 0 Å². The minimum absolute atomic E-state index is 0.0721. The average molecular weight is 292 g/mol. The van der Waals surface area contributed by atoms with Gasteiger partial charge in [0.1, 0.15) is 0 Å². The molecule has 1 aliphatic rings. The zero-order valence-corrected chi connectivity index (χ0v) is 12.0. The molecule has 1 aromatic carbocycles. The largest absolute Gasteiger partial charge is 0.118 e. The van der Waals surface area contributed by atoms with Gasteiger partial charge in [-0.15, -0.1) is 11.6 Å². The second kappa shape index (κ2) is 6.31. The average Bonchev–Trinajstić information content (AvgIpc) is 2.60. The Kier molecular flexibility index (Phi) is 5.02. The Bertz CT molecular complexity index is 368. The molecule has 1 atom stereocenters. The molecular weight excluding hydrogens is 275 g/mol. The van der Waals surface area contributed by atoms with Crippen molar-refractivity contribution >= 4 is 34.8 Å². The van der Waals surface area contributed by atoms with Gasteiger partial charge in [0.05, 0.1) is 15.4 Å². The predicted octanol–water partition coefficient (Wildman–Crippen LogP) is 6.24. The van der Waals surface area contributed by atoms with Gasteiger partial charge in [-0.3, -0.25) is 0 Å². The molecule has 2 rings (SSSR count). The van der Waals surface area contributed by atoms with Gasteiger partial charge in [0.25, 0.3) is 0 Å². The van der Waals surface area contributed by atoms with Crippen molar-refractivity contribution in [3.63, 3.8) is 0 Å². The third-order valence-electron chi connectivity index (χ3n) is 3.58. The summed E-state index contributed by atoms with van der Waals surface area (Å²) in [5, 5.41) is 1.27. The molecule has 0 saturated heterocycles. The highest BCUT2D eigenvalue weighted by Gasteiger charge is 2.22. The molecule has 3 heteroatoms. The first kappa shape index (κ1) is 13.5. The Morgan fingerprint density at radius 2 is 1.59 bits per heavy atom. The van der Waals surface area contributed by atoms with Gasteiger partial charge in [-0.2, -0.15) is 0 Å². The van der Waals surface area contributed by atoms with E-state index in [-0.39, 0.29) is 5.38 Å². The van der Waals surface area contributed by atoms with E-state index in [1.807, 2.05) is 18.2 Å². The lowest BCUT2D eigenvalue weighted by atomic mass is 9.92. The van der Waals surface area contributed by atoms with Crippen LogP contribution < -0.4 is 0 Å². The topological polar surface area (TPSA) is 0 Å². The van der Waals surface area contributed by atoms with E-state index >= 15 is 0 Å². The molecule has 1 saturated carbocycles. The summed E-state index contributed by atoms with van der Waals surface area (Å²) in [6.45, 7) is 0. The third-order valence-corrected chi connectivity index (χ3v) is 4.92. The Balaban J connectivity index is 2.11. The Labute approximate surface area is 118 Å². The van der Waals surface area contributed by atoms with E-state index in [1.54, 1.807) is 0 Å². The normalized spacial score (nSPS) is 19.9. The Hall–Kier alpha value is 0.0900. The molecule has 1 aromatic rings. The molecule has 0 nitrogen and oxygen atoms in total. The predicted molar refractivity (Wildman–Crippen MR) is 76.2 cm³/mol. The van der Waals surface area contributed by atoms with Crippen LogP contribution in [0.3, 0.4) is 0 Å². The molecule has 0 aromatic heterocycles. The molecule has 0 spiro atoms. The molecule has 0 radical (unpaired) electrons. The van der Waals surface area contributed by atoms with Crippen molar-refractivity contribution in [2.45, 2.75) is 43.9 Å². The van der Waals surface area contributed by atoms with Crippen molar-refractivity contribution in [2.24, 2.45) is 5.92 Å². The van der Waals surface area contributed by atoms with Crippen LogP contribution in [0.25, 0.3) is 0 Å². The van der Waals surface area contributed by atoms with Crippen molar-refractivity contribution in [2.75, 3.05) is 0 Å². The third kappa shape index (κ3) is 3.53. The summed E-state index contributed by atoms with van der Waals surface area (Å²) in [4.78, 5) is 0. The number of hydrogen-bond donors (Lipinski definition) is 0. The molecule has 0 N–H and O–H groups in total. The number of benzene rings is 1. The van der Waals surface area contributed by atoms with Crippen LogP contribution in [0.1, 0.15) is 49.5 Å². The van der Waals surface area contributed by atoms with Gasteiger partial charge < -0.3 is 0 Å². The second-order valence-corrected chi connectivity index (χ2v) is 6.11. The van der Waals surface area contributed by atoms with E-state index in [9.17, 15) is 0 Å². The maximum absolute atomic E-state index is 6.58. The lowest BCUT2D eigenvalue weighted by Gasteiger charge is -2.21. The smallest absolute Gasteiger partial charge is 0.0613 e. The summed E-state index contributed by atoms with van der Waals surface area (Å²) in [6, 6.07) is 5.74. The van der Waals surface area contributed by atoms with Crippen LogP contribution in [-0.2, 0) is 0 Å². The molecule has 1 aliphatic carbocycles. The van der Waals surface area contributed by atoms with Crippen molar-refractivity contribution in [3.8, 4) is 0 Å². The molecule has 0 aliphatic heterocycles. The first-order valence-corrected chi connectivity index (χ1v) is 7.47. The minimum atomic E-state index is 0.0721. The number of rotatable bonds is 2. The summed E-state index contributed by atoms with van der Waals surface area (Å²) in [7, 11) is 0. The van der Waals surface area contributed by atoms with E-state index < -0.39 is 0 Å². The first-order valence-electron chi connectivity index (χ1n) is 6.27. The fourth-order valence-corrected chi connectivity index (χ4v) is 3.25. The van der Waals surface area contributed by atoms with Gasteiger partial charge in [-0.25, -0.2) is 0 Å². The van der Waals surface area contributed by atoms with Gasteiger partial charge in [-0.05, 0) is 36.5 Å². The molecule has 0 bridgehead atoms. The van der Waals surface area contributed by atoms with Crippen molar-refractivity contribution in [3.05, 3.63) is 33.8 Å². The zero-order chi connectivity index (χ0) is 12.3. The van der Waals surface area contributed by atoms with E-state index in [2.05, 4.69) is 0 Å². The molecule has 0 heterocycles. The highest BCUT2D eigenvalue weighted by molar-refractivity contribution is 6.42. The lowest BCUT2D eigenvalue weighted by molar-refractivity contribution is 0.445. The number of hydrogen-bond acceptors (Lipinski definition) is 0. The van der Waals surface area contributed by atoms with Crippen molar-refractivity contribution in [1.29, 1.82) is 0 Å². The van der Waals surface area contributed by atoms with E-state index in [4.69, 9.17) is 34.8 Å². The highest BCUT2D eigenvalue weighted by Crippen LogP contribution is 2.39. The maximum Gasteiger partial charge on any atom is 0.0613 e. The van der Waals surface area contributed by atoms with Crippen molar-refractivity contribution in [1.82, 2.24) is 0 Å². The van der Waals surface area contributed by atoms with Gasteiger partial charge >= 0.3 is 0 Å². The van der Waals surface area contributed by atoms with Crippen molar-refractivity contribution < 1.29 is 0 Å². The summed E-state index contributed by atoms with van der Waals surface area (Å²) in [6.07, 6.45) is 7.76. The minimum Gasteiger partial charge on any atom is -0.118 e. The summed E-state index contributed by atoms with van der Waals surface area (Å²) in [5.74, 6) is 0.580. The molecule has 1 fully saturated rings. The number of alkyl halides is 1. The molecule has 1 unspecified atom stereocenters.